The maximum absolute atomic E-state index is 13.8. The number of imide groups is 1. The van der Waals surface area contributed by atoms with Gasteiger partial charge in [0.2, 0.25) is 11.8 Å². The number of phenols is 1. The highest BCUT2D eigenvalue weighted by molar-refractivity contribution is 6.43. The van der Waals surface area contributed by atoms with E-state index in [-0.39, 0.29) is 41.5 Å². The molecule has 0 bridgehead atoms. The van der Waals surface area contributed by atoms with Gasteiger partial charge in [-0.1, -0.05) is 43.0 Å². The molecule has 2 aliphatic heterocycles. The van der Waals surface area contributed by atoms with Crippen molar-refractivity contribution in [3.05, 3.63) is 71.1 Å². The fraction of sp³-hybridized carbons (Fsp3) is 0.469. The summed E-state index contributed by atoms with van der Waals surface area (Å²) in [6.45, 7) is 2.07. The molecule has 1 aromatic heterocycles. The first-order chi connectivity index (χ1) is 19.4. The van der Waals surface area contributed by atoms with Gasteiger partial charge in [0.15, 0.2) is 0 Å². The van der Waals surface area contributed by atoms with Crippen LogP contribution in [0.25, 0.3) is 11.6 Å². The molecule has 4 atom stereocenters. The summed E-state index contributed by atoms with van der Waals surface area (Å²) in [6.07, 6.45) is 10.7. The number of hydrogen-bond acceptors (Lipinski definition) is 6. The fourth-order valence-electron chi connectivity index (χ4n) is 7.57. The molecule has 40 heavy (non-hydrogen) atoms. The number of aromatic hydroxyl groups is 1. The van der Waals surface area contributed by atoms with Crippen LogP contribution in [0.15, 0.2) is 59.8 Å². The Balaban J connectivity index is 1.27. The Kier molecular flexibility index (Phi) is 7.64. The zero-order valence-corrected chi connectivity index (χ0v) is 23.0. The third kappa shape index (κ3) is 5.15. The highest BCUT2D eigenvalue weighted by Gasteiger charge is 2.57. The number of amides is 2. The van der Waals surface area contributed by atoms with Crippen molar-refractivity contribution in [3.8, 4) is 5.75 Å². The standard InChI is InChI=1S/C32H37BN2O5/c1-20-16-25-30(32(38)35(31(25)37)23-9-3-2-4-10-23)26-19-33(39)40-28(29(20)26)14-13-22(27-12-5-6-15-34-27)17-21-8-7-11-24(36)18-21/h5-8,11-12,15,17-18,23,25-26,28,30,36,39H,2-4,9-10,13-14,16,19H2,1H3/b22-17-/t25-,26+,28-,30-/m1/s1. The van der Waals surface area contributed by atoms with Crippen LogP contribution in [0.2, 0.25) is 6.32 Å². The monoisotopic (exact) mass is 540 g/mol. The van der Waals surface area contributed by atoms with Crippen LogP contribution >= 0.6 is 0 Å². The van der Waals surface area contributed by atoms with Crippen molar-refractivity contribution in [2.75, 3.05) is 0 Å². The number of carbonyl (C=O) groups is 2. The number of fused-ring (bicyclic) bond motifs is 3. The van der Waals surface area contributed by atoms with E-state index in [1.54, 1.807) is 23.2 Å². The Bertz CT molecular complexity index is 1340. The topological polar surface area (TPSA) is 100.0 Å². The molecule has 8 heteroatoms. The molecule has 1 saturated carbocycles. The minimum Gasteiger partial charge on any atom is -0.508 e. The molecular formula is C32H37BN2O5. The van der Waals surface area contributed by atoms with Crippen LogP contribution in [0.5, 0.6) is 5.75 Å². The van der Waals surface area contributed by atoms with Gasteiger partial charge in [0.1, 0.15) is 5.75 Å². The lowest BCUT2D eigenvalue weighted by atomic mass is 9.58. The van der Waals surface area contributed by atoms with E-state index in [1.807, 2.05) is 36.4 Å². The van der Waals surface area contributed by atoms with E-state index in [0.717, 1.165) is 53.7 Å². The quantitative estimate of drug-likeness (QED) is 0.295. The summed E-state index contributed by atoms with van der Waals surface area (Å²) in [6, 6.07) is 12.9. The Morgan fingerprint density at radius 3 is 2.67 bits per heavy atom. The number of hydrogen-bond donors (Lipinski definition) is 2. The molecule has 3 fully saturated rings. The van der Waals surface area contributed by atoms with E-state index < -0.39 is 13.0 Å². The molecule has 0 radical (unpaired) electrons. The summed E-state index contributed by atoms with van der Waals surface area (Å²) in [7, 11) is -0.981. The van der Waals surface area contributed by atoms with Crippen LogP contribution in [0, 0.1) is 17.8 Å². The van der Waals surface area contributed by atoms with E-state index in [1.165, 1.54) is 6.42 Å². The molecule has 2 N–H and O–H groups in total. The van der Waals surface area contributed by atoms with Gasteiger partial charge in [-0.2, -0.15) is 0 Å². The molecule has 2 aliphatic carbocycles. The maximum atomic E-state index is 13.8. The second kappa shape index (κ2) is 11.3. The Labute approximate surface area is 236 Å². The molecule has 4 aliphatic rings. The number of allylic oxidation sites excluding steroid dienone is 2. The number of benzene rings is 1. The third-order valence-corrected chi connectivity index (χ3v) is 9.31. The van der Waals surface area contributed by atoms with Crippen LogP contribution in [0.3, 0.4) is 0 Å². The van der Waals surface area contributed by atoms with E-state index in [4.69, 9.17) is 4.65 Å². The van der Waals surface area contributed by atoms with Gasteiger partial charge in [-0.05, 0) is 98.3 Å². The highest BCUT2D eigenvalue weighted by Crippen LogP contribution is 2.51. The first-order valence-corrected chi connectivity index (χ1v) is 14.7. The normalized spacial score (nSPS) is 27.7. The summed E-state index contributed by atoms with van der Waals surface area (Å²) in [4.78, 5) is 33.6. The largest absolute Gasteiger partial charge is 0.508 e. The number of likely N-dealkylation sites (tertiary alicyclic amines) is 1. The summed E-state index contributed by atoms with van der Waals surface area (Å²) < 4.78 is 6.14. The molecule has 7 nitrogen and oxygen atoms in total. The lowest BCUT2D eigenvalue weighted by molar-refractivity contribution is -0.143. The minimum absolute atomic E-state index is 0.00989. The molecule has 2 saturated heterocycles. The van der Waals surface area contributed by atoms with E-state index in [2.05, 4.69) is 11.9 Å². The van der Waals surface area contributed by atoms with Crippen molar-refractivity contribution >= 4 is 30.6 Å². The average molecular weight is 540 g/mol. The van der Waals surface area contributed by atoms with Gasteiger partial charge < -0.3 is 14.8 Å². The molecule has 1 aromatic carbocycles. The summed E-state index contributed by atoms with van der Waals surface area (Å²) in [5.74, 6) is -0.777. The minimum atomic E-state index is -0.981. The summed E-state index contributed by atoms with van der Waals surface area (Å²) >= 11 is 0. The van der Waals surface area contributed by atoms with Crippen molar-refractivity contribution in [2.45, 2.75) is 76.8 Å². The second-order valence-electron chi connectivity index (χ2n) is 11.9. The molecule has 0 spiro atoms. The number of aromatic nitrogens is 1. The number of nitrogens with zero attached hydrogens (tertiary/aromatic N) is 2. The number of phenolic OH excluding ortho intramolecular Hbond substituents is 1. The van der Waals surface area contributed by atoms with E-state index >= 15 is 0 Å². The Morgan fingerprint density at radius 2 is 1.93 bits per heavy atom. The van der Waals surface area contributed by atoms with Crippen molar-refractivity contribution in [3.63, 3.8) is 0 Å². The van der Waals surface area contributed by atoms with Crippen molar-refractivity contribution < 1.29 is 24.4 Å². The number of pyridine rings is 1. The zero-order chi connectivity index (χ0) is 27.8. The highest BCUT2D eigenvalue weighted by atomic mass is 16.5. The Morgan fingerprint density at radius 1 is 1.10 bits per heavy atom. The van der Waals surface area contributed by atoms with E-state index in [9.17, 15) is 19.7 Å². The van der Waals surface area contributed by atoms with Gasteiger partial charge in [0.05, 0.1) is 23.6 Å². The van der Waals surface area contributed by atoms with Gasteiger partial charge in [-0.15, -0.1) is 0 Å². The number of rotatable bonds is 6. The molecule has 0 unspecified atom stereocenters. The van der Waals surface area contributed by atoms with Gasteiger partial charge in [-0.3, -0.25) is 19.5 Å². The molecule has 3 heterocycles. The first kappa shape index (κ1) is 27.0. The molecular weight excluding hydrogens is 503 g/mol. The van der Waals surface area contributed by atoms with Crippen LogP contribution < -0.4 is 0 Å². The van der Waals surface area contributed by atoms with Crippen molar-refractivity contribution in [1.82, 2.24) is 9.88 Å². The molecule has 2 aromatic rings. The van der Waals surface area contributed by atoms with Gasteiger partial charge in [0, 0.05) is 12.2 Å². The predicted octanol–water partition coefficient (Wildman–Crippen LogP) is 5.26. The summed E-state index contributed by atoms with van der Waals surface area (Å²) in [5, 5.41) is 20.8. The third-order valence-electron chi connectivity index (χ3n) is 9.31. The fourth-order valence-corrected chi connectivity index (χ4v) is 7.57. The Hall–Kier alpha value is -3.23. The zero-order valence-electron chi connectivity index (χ0n) is 23.0. The molecule has 6 rings (SSSR count). The first-order valence-electron chi connectivity index (χ1n) is 14.7. The lowest BCUT2D eigenvalue weighted by Gasteiger charge is -2.42. The van der Waals surface area contributed by atoms with Crippen LogP contribution in [-0.4, -0.2) is 51.1 Å². The average Bonchev–Trinajstić information content (AvgIpc) is 3.20. The smallest absolute Gasteiger partial charge is 0.455 e. The van der Waals surface area contributed by atoms with Crippen molar-refractivity contribution in [1.29, 1.82) is 0 Å². The number of carbonyl (C=O) groups excluding carboxylic acids is 2. The molecule has 2 amide bonds. The predicted molar refractivity (Wildman–Crippen MR) is 154 cm³/mol. The van der Waals surface area contributed by atoms with Gasteiger partial charge >= 0.3 is 7.12 Å². The van der Waals surface area contributed by atoms with Crippen LogP contribution in [0.1, 0.15) is 69.5 Å². The van der Waals surface area contributed by atoms with E-state index in [0.29, 0.717) is 25.6 Å². The van der Waals surface area contributed by atoms with Crippen LogP contribution in [-0.2, 0) is 14.2 Å². The summed E-state index contributed by atoms with van der Waals surface area (Å²) in [5.41, 5.74) is 4.92. The van der Waals surface area contributed by atoms with Gasteiger partial charge in [-0.25, -0.2) is 0 Å². The molecule has 208 valence electrons. The SMILES string of the molecule is CC1=C2[C@@H](CC/C(=C/c3cccc(O)c3)c3ccccn3)OB(O)C[C@@H]2[C@@H]2C(=O)N(C3CCCCC3)C(=O)[C@@H]2C1. The van der Waals surface area contributed by atoms with Crippen LogP contribution in [0.4, 0.5) is 0 Å². The van der Waals surface area contributed by atoms with Gasteiger partial charge in [0.25, 0.3) is 0 Å². The maximum Gasteiger partial charge on any atom is 0.455 e. The second-order valence-corrected chi connectivity index (χ2v) is 11.9. The van der Waals surface area contributed by atoms with Crippen molar-refractivity contribution in [2.24, 2.45) is 17.8 Å². The lowest BCUT2D eigenvalue weighted by Crippen LogP contribution is -2.46.